The monoisotopic (exact) mass is 484 g/mol. The molecule has 2 bridgehead atoms. The number of nitrogens with zero attached hydrogens (tertiary/aromatic N) is 1. The van der Waals surface area contributed by atoms with Crippen LogP contribution in [0.5, 0.6) is 0 Å². The van der Waals surface area contributed by atoms with Gasteiger partial charge in [-0.1, -0.05) is 43.7 Å². The predicted octanol–water partition coefficient (Wildman–Crippen LogP) is 4.04. The van der Waals surface area contributed by atoms with Gasteiger partial charge in [0.1, 0.15) is 6.61 Å². The van der Waals surface area contributed by atoms with Crippen LogP contribution in [0.1, 0.15) is 57.6 Å². The summed E-state index contributed by atoms with van der Waals surface area (Å²) in [5, 5.41) is 12.3. The van der Waals surface area contributed by atoms with E-state index in [4.69, 9.17) is 14.0 Å². The molecular weight excluding hydrogens is 447 g/mol. The van der Waals surface area contributed by atoms with Crippen LogP contribution in [-0.2, 0) is 20.5 Å². The van der Waals surface area contributed by atoms with Crippen molar-refractivity contribution in [2.45, 2.75) is 83.5 Å². The van der Waals surface area contributed by atoms with Crippen molar-refractivity contribution in [1.82, 2.24) is 10.2 Å². The predicted molar refractivity (Wildman–Crippen MR) is 131 cm³/mol. The maximum Gasteiger partial charge on any atom is 0.482 e. The average Bonchev–Trinajstić information content (AvgIpc) is 3.42. The number of benzene rings is 1. The number of hydrogen-bond acceptors (Lipinski definition) is 5. The molecule has 9 heteroatoms. The van der Waals surface area contributed by atoms with E-state index < -0.39 is 25.2 Å². The normalized spacial score (nSPS) is 33.6. The molecule has 2 N–H and O–H groups in total. The molecule has 1 unspecified atom stereocenters. The summed E-state index contributed by atoms with van der Waals surface area (Å²) in [4.78, 5) is 25.6. The third-order valence-corrected chi connectivity index (χ3v) is 9.21. The lowest BCUT2D eigenvalue weighted by Crippen LogP contribution is -2.65. The van der Waals surface area contributed by atoms with Gasteiger partial charge in [0, 0.05) is 6.54 Å². The molecule has 5 fully saturated rings. The second-order valence-corrected chi connectivity index (χ2v) is 11.6. The average molecular weight is 484 g/mol. The Morgan fingerprint density at radius 3 is 2.69 bits per heavy atom. The molecule has 2 heterocycles. The van der Waals surface area contributed by atoms with E-state index in [1.165, 1.54) is 10.5 Å². The first-order chi connectivity index (χ1) is 16.6. The van der Waals surface area contributed by atoms with Crippen molar-refractivity contribution in [3.05, 3.63) is 35.4 Å². The van der Waals surface area contributed by atoms with Gasteiger partial charge in [-0.25, -0.2) is 9.59 Å². The Balaban J connectivity index is 1.28. The first kappa shape index (κ1) is 24.4. The van der Waals surface area contributed by atoms with E-state index in [2.05, 4.69) is 50.4 Å². The summed E-state index contributed by atoms with van der Waals surface area (Å²) in [6.45, 7) is 9.38. The second-order valence-electron chi connectivity index (χ2n) is 11.6. The smallest absolute Gasteiger partial charge is 0.465 e. The summed E-state index contributed by atoms with van der Waals surface area (Å²) in [6.07, 6.45) is 2.63. The van der Waals surface area contributed by atoms with Gasteiger partial charge < -0.3 is 29.4 Å². The molecule has 1 aromatic carbocycles. The maximum atomic E-state index is 12.8. The van der Waals surface area contributed by atoms with Crippen molar-refractivity contribution in [3.63, 3.8) is 0 Å². The molecule has 8 nitrogen and oxygen atoms in total. The largest absolute Gasteiger partial charge is 0.482 e. The van der Waals surface area contributed by atoms with Crippen LogP contribution in [0.3, 0.4) is 0 Å². The van der Waals surface area contributed by atoms with E-state index in [1.807, 2.05) is 6.92 Å². The number of aryl methyl sites for hydroxylation is 1. The van der Waals surface area contributed by atoms with Crippen molar-refractivity contribution in [1.29, 1.82) is 0 Å². The summed E-state index contributed by atoms with van der Waals surface area (Å²) in [6, 6.07) is 7.92. The van der Waals surface area contributed by atoms with Crippen LogP contribution >= 0.6 is 0 Å². The zero-order chi connectivity index (χ0) is 25.0. The number of carbonyl (C=O) groups excluding carboxylic acids is 1. The molecule has 190 valence electrons. The molecule has 5 aliphatic rings. The van der Waals surface area contributed by atoms with E-state index >= 15 is 0 Å². The number of likely N-dealkylation sites (tertiary alicyclic amines) is 1. The quantitative estimate of drug-likeness (QED) is 0.592. The van der Waals surface area contributed by atoms with Crippen LogP contribution in [0.25, 0.3) is 0 Å². The molecule has 35 heavy (non-hydrogen) atoms. The SMILES string of the molecule is Cc1ccc(CC(NC(=O)OC[C@H]2CCCN2C(=O)O)B2O[C@@H]3C[C@@H]4C[C@@H](C4(C)C)[C@]3(C)O2)cc1. The highest BCUT2D eigenvalue weighted by Gasteiger charge is 2.68. The number of rotatable bonds is 6. The maximum absolute atomic E-state index is 12.8. The number of carbonyl (C=O) groups is 2. The minimum absolute atomic E-state index is 0.0187. The molecule has 3 aliphatic carbocycles. The van der Waals surface area contributed by atoms with Crippen molar-refractivity contribution >= 4 is 19.3 Å². The van der Waals surface area contributed by atoms with Gasteiger partial charge in [-0.3, -0.25) is 0 Å². The van der Waals surface area contributed by atoms with Crippen LogP contribution in [0.2, 0.25) is 0 Å². The van der Waals surface area contributed by atoms with Crippen LogP contribution in [0.15, 0.2) is 24.3 Å². The Kier molecular flexibility index (Phi) is 6.28. The first-order valence-corrected chi connectivity index (χ1v) is 12.9. The molecule has 0 aromatic heterocycles. The molecule has 2 aliphatic heterocycles. The number of hydrogen-bond donors (Lipinski definition) is 2. The van der Waals surface area contributed by atoms with Crippen LogP contribution < -0.4 is 5.32 Å². The second kappa shape index (κ2) is 9.00. The number of amides is 2. The fraction of sp³-hybridized carbons (Fsp3) is 0.692. The summed E-state index contributed by atoms with van der Waals surface area (Å²) in [5.74, 6) is 0.650. The van der Waals surface area contributed by atoms with Crippen molar-refractivity contribution in [2.24, 2.45) is 17.3 Å². The minimum Gasteiger partial charge on any atom is -0.465 e. The fourth-order valence-corrected chi connectivity index (χ4v) is 6.89. The molecule has 2 saturated heterocycles. The number of ether oxygens (including phenoxy) is 1. The summed E-state index contributed by atoms with van der Waals surface area (Å²) >= 11 is 0. The fourth-order valence-electron chi connectivity index (χ4n) is 6.89. The van der Waals surface area contributed by atoms with Crippen molar-refractivity contribution < 1.29 is 28.7 Å². The van der Waals surface area contributed by atoms with E-state index in [1.54, 1.807) is 0 Å². The Morgan fingerprint density at radius 1 is 1.26 bits per heavy atom. The van der Waals surface area contributed by atoms with Gasteiger partial charge in [-0.15, -0.1) is 0 Å². The van der Waals surface area contributed by atoms with Gasteiger partial charge >= 0.3 is 19.3 Å². The highest BCUT2D eigenvalue weighted by Crippen LogP contribution is 2.65. The van der Waals surface area contributed by atoms with Gasteiger partial charge in [0.2, 0.25) is 0 Å². The van der Waals surface area contributed by atoms with Crippen LogP contribution in [-0.4, -0.2) is 66.2 Å². The third-order valence-electron chi connectivity index (χ3n) is 9.21. The zero-order valence-corrected chi connectivity index (χ0v) is 21.2. The summed E-state index contributed by atoms with van der Waals surface area (Å²) < 4.78 is 18.6. The lowest BCUT2D eigenvalue weighted by Gasteiger charge is -2.64. The lowest BCUT2D eigenvalue weighted by atomic mass is 9.43. The third kappa shape index (κ3) is 4.42. The lowest BCUT2D eigenvalue weighted by molar-refractivity contribution is -0.199. The number of alkyl carbamates (subject to hydrolysis) is 1. The van der Waals surface area contributed by atoms with Gasteiger partial charge in [0.05, 0.1) is 23.7 Å². The molecule has 2 amide bonds. The molecule has 0 radical (unpaired) electrons. The van der Waals surface area contributed by atoms with Crippen LogP contribution in [0.4, 0.5) is 9.59 Å². The molecule has 3 saturated carbocycles. The topological polar surface area (TPSA) is 97.3 Å². The van der Waals surface area contributed by atoms with Crippen LogP contribution in [0, 0.1) is 24.2 Å². The Labute approximate surface area is 207 Å². The highest BCUT2D eigenvalue weighted by molar-refractivity contribution is 6.47. The van der Waals surface area contributed by atoms with Gasteiger partial charge in [0.15, 0.2) is 0 Å². The van der Waals surface area contributed by atoms with E-state index in [0.29, 0.717) is 31.2 Å². The zero-order valence-electron chi connectivity index (χ0n) is 21.2. The Morgan fingerprint density at radius 2 is 2.00 bits per heavy atom. The highest BCUT2D eigenvalue weighted by atomic mass is 16.7. The number of nitrogens with one attached hydrogen (secondary N) is 1. The Hall–Kier alpha value is -2.26. The van der Waals surface area contributed by atoms with Crippen molar-refractivity contribution in [3.8, 4) is 0 Å². The molecular formula is C26H37BN2O6. The summed E-state index contributed by atoms with van der Waals surface area (Å²) in [7, 11) is -0.573. The van der Waals surface area contributed by atoms with Gasteiger partial charge in [0.25, 0.3) is 0 Å². The molecule has 6 atom stereocenters. The molecule has 1 aromatic rings. The minimum atomic E-state index is -0.973. The van der Waals surface area contributed by atoms with Crippen molar-refractivity contribution in [2.75, 3.05) is 13.2 Å². The van der Waals surface area contributed by atoms with E-state index in [-0.39, 0.29) is 29.8 Å². The van der Waals surface area contributed by atoms with Gasteiger partial charge in [-0.2, -0.15) is 0 Å². The number of carboxylic acid groups (broad SMARTS) is 1. The first-order valence-electron chi connectivity index (χ1n) is 12.9. The molecule has 6 rings (SSSR count). The standard InChI is InChI=1S/C26H37BN2O6/c1-16-7-9-17(10-8-16)12-22(28-23(30)33-15-19-6-5-11-29(19)24(31)32)27-34-21-14-18-13-20(25(18,2)3)26(21,4)35-27/h7-10,18-22H,5-6,11-15H2,1-4H3,(H,28,30)(H,31,32)/t18-,19+,20-,21+,22?,26-/m0/s1. The molecule has 0 spiro atoms. The Bertz CT molecular complexity index is 971. The van der Waals surface area contributed by atoms with Gasteiger partial charge in [-0.05, 0) is 68.8 Å². The van der Waals surface area contributed by atoms with E-state index in [0.717, 1.165) is 24.8 Å². The summed E-state index contributed by atoms with van der Waals surface area (Å²) in [5.41, 5.74) is 2.11. The van der Waals surface area contributed by atoms with E-state index in [9.17, 15) is 14.7 Å².